The topological polar surface area (TPSA) is 12.9 Å². The van der Waals surface area contributed by atoms with Crippen LogP contribution in [0.15, 0.2) is 48.7 Å². The van der Waals surface area contributed by atoms with E-state index in [0.717, 1.165) is 29.5 Å². The Morgan fingerprint density at radius 1 is 1.04 bits per heavy atom. The van der Waals surface area contributed by atoms with Gasteiger partial charge in [-0.2, -0.15) is 0 Å². The molecule has 1 aliphatic carbocycles. The van der Waals surface area contributed by atoms with Crippen LogP contribution < -0.4 is 0 Å². The molecule has 0 aliphatic heterocycles. The minimum atomic E-state index is 0.568. The predicted molar refractivity (Wildman–Crippen MR) is 108 cm³/mol. The quantitative estimate of drug-likeness (QED) is 0.498. The van der Waals surface area contributed by atoms with Crippen LogP contribution in [-0.2, 0) is 6.42 Å². The molecule has 1 heterocycles. The van der Waals surface area contributed by atoms with Crippen molar-refractivity contribution in [3.63, 3.8) is 0 Å². The van der Waals surface area contributed by atoms with Gasteiger partial charge in [0.25, 0.3) is 0 Å². The average molecular weight is 374 g/mol. The van der Waals surface area contributed by atoms with Gasteiger partial charge < -0.3 is 0 Å². The van der Waals surface area contributed by atoms with Gasteiger partial charge in [0.15, 0.2) is 0 Å². The number of aromatic nitrogens is 1. The molecule has 1 aromatic heterocycles. The van der Waals surface area contributed by atoms with E-state index in [-0.39, 0.29) is 0 Å². The van der Waals surface area contributed by atoms with Gasteiger partial charge in [-0.3, -0.25) is 4.98 Å². The van der Waals surface area contributed by atoms with Crippen molar-refractivity contribution >= 4 is 23.2 Å². The van der Waals surface area contributed by atoms with Crippen molar-refractivity contribution in [1.82, 2.24) is 4.98 Å². The lowest BCUT2D eigenvalue weighted by atomic mass is 9.79. The highest BCUT2D eigenvalue weighted by Crippen LogP contribution is 2.32. The first kappa shape index (κ1) is 18.5. The molecule has 132 valence electrons. The zero-order valence-corrected chi connectivity index (χ0v) is 16.2. The molecule has 0 radical (unpaired) electrons. The average Bonchev–Trinajstić information content (AvgIpc) is 2.64. The van der Waals surface area contributed by atoms with E-state index >= 15 is 0 Å². The number of rotatable bonds is 5. The van der Waals surface area contributed by atoms with Gasteiger partial charge in [-0.1, -0.05) is 47.5 Å². The fraction of sp³-hybridized carbons (Fsp3) is 0.409. The van der Waals surface area contributed by atoms with Crippen LogP contribution in [0.4, 0.5) is 0 Å². The van der Waals surface area contributed by atoms with Gasteiger partial charge >= 0.3 is 0 Å². The first-order chi connectivity index (χ1) is 12.2. The molecule has 0 bridgehead atoms. The molecule has 3 rings (SSSR count). The van der Waals surface area contributed by atoms with Gasteiger partial charge in [0.1, 0.15) is 0 Å². The molecule has 0 N–H and O–H groups in total. The van der Waals surface area contributed by atoms with Crippen LogP contribution in [0.3, 0.4) is 0 Å². The third kappa shape index (κ3) is 5.09. The maximum Gasteiger partial charge on any atom is 0.0702 e. The Morgan fingerprint density at radius 3 is 2.48 bits per heavy atom. The second-order valence-electron chi connectivity index (χ2n) is 7.03. The van der Waals surface area contributed by atoms with Crippen LogP contribution in [0.25, 0.3) is 11.3 Å². The molecule has 2 aromatic rings. The molecule has 1 fully saturated rings. The molecular formula is C22H25Cl2N. The van der Waals surface area contributed by atoms with E-state index in [4.69, 9.17) is 23.2 Å². The van der Waals surface area contributed by atoms with Crippen LogP contribution in [0, 0.1) is 11.8 Å². The summed E-state index contributed by atoms with van der Waals surface area (Å²) in [6.07, 6.45) is 14.4. The SMILES string of the molecule is C/C=C/[C@H]1CC[C@H](CCc2ccc(-c3ccc(Cl)c(Cl)c3)nc2)CC1. The number of hydrogen-bond donors (Lipinski definition) is 0. The first-order valence-corrected chi connectivity index (χ1v) is 9.94. The second-order valence-corrected chi connectivity index (χ2v) is 7.84. The van der Waals surface area contributed by atoms with Gasteiger partial charge in [0, 0.05) is 11.8 Å². The van der Waals surface area contributed by atoms with Crippen LogP contribution >= 0.6 is 23.2 Å². The molecule has 3 heteroatoms. The van der Waals surface area contributed by atoms with E-state index in [0.29, 0.717) is 10.0 Å². The van der Waals surface area contributed by atoms with E-state index in [1.165, 1.54) is 37.7 Å². The van der Waals surface area contributed by atoms with Crippen molar-refractivity contribution < 1.29 is 0 Å². The van der Waals surface area contributed by atoms with Crippen LogP contribution in [-0.4, -0.2) is 4.98 Å². The smallest absolute Gasteiger partial charge is 0.0702 e. The number of hydrogen-bond acceptors (Lipinski definition) is 1. The van der Waals surface area contributed by atoms with Gasteiger partial charge in [-0.15, -0.1) is 0 Å². The number of allylic oxidation sites excluding steroid dienone is 2. The van der Waals surface area contributed by atoms with E-state index in [1.54, 1.807) is 0 Å². The predicted octanol–water partition coefficient (Wildman–Crippen LogP) is 7.37. The standard InChI is InChI=1S/C22H25Cl2N/c1-2-3-16-4-6-17(7-5-16)8-9-18-10-13-22(25-15-18)19-11-12-20(23)21(24)14-19/h2-3,10-17H,4-9H2,1H3/b3-2+/t16-,17-. The fourth-order valence-corrected chi connectivity index (χ4v) is 4.01. The van der Waals surface area contributed by atoms with Crippen molar-refractivity contribution in [2.75, 3.05) is 0 Å². The molecule has 0 amide bonds. The molecule has 25 heavy (non-hydrogen) atoms. The minimum Gasteiger partial charge on any atom is -0.256 e. The van der Waals surface area contributed by atoms with Crippen LogP contribution in [0.2, 0.25) is 10.0 Å². The van der Waals surface area contributed by atoms with Crippen molar-refractivity contribution in [1.29, 1.82) is 0 Å². The number of halogens is 2. The molecule has 0 saturated heterocycles. The zero-order valence-electron chi connectivity index (χ0n) is 14.7. The van der Waals surface area contributed by atoms with E-state index in [9.17, 15) is 0 Å². The van der Waals surface area contributed by atoms with Gasteiger partial charge in [0.05, 0.1) is 15.7 Å². The third-order valence-corrected chi connectivity index (χ3v) is 5.98. The summed E-state index contributed by atoms with van der Waals surface area (Å²) in [6, 6.07) is 9.92. The summed E-state index contributed by atoms with van der Waals surface area (Å²) in [4.78, 5) is 4.61. The highest BCUT2D eigenvalue weighted by Gasteiger charge is 2.19. The number of benzene rings is 1. The summed E-state index contributed by atoms with van der Waals surface area (Å²) in [7, 11) is 0. The number of pyridine rings is 1. The normalized spacial score (nSPS) is 20.9. The Morgan fingerprint density at radius 2 is 1.84 bits per heavy atom. The summed E-state index contributed by atoms with van der Waals surface area (Å²) < 4.78 is 0. The second kappa shape index (κ2) is 8.87. The highest BCUT2D eigenvalue weighted by atomic mass is 35.5. The third-order valence-electron chi connectivity index (χ3n) is 5.24. The highest BCUT2D eigenvalue weighted by molar-refractivity contribution is 6.42. The van der Waals surface area contributed by atoms with E-state index in [1.807, 2.05) is 24.4 Å². The Kier molecular flexibility index (Phi) is 6.56. The number of aryl methyl sites for hydroxylation is 1. The summed E-state index contributed by atoms with van der Waals surface area (Å²) in [5.74, 6) is 1.68. The molecule has 0 spiro atoms. The molecule has 1 saturated carbocycles. The van der Waals surface area contributed by atoms with Crippen molar-refractivity contribution in [3.05, 3.63) is 64.3 Å². The van der Waals surface area contributed by atoms with Gasteiger partial charge in [0.2, 0.25) is 0 Å². The zero-order chi connectivity index (χ0) is 17.6. The van der Waals surface area contributed by atoms with E-state index < -0.39 is 0 Å². The van der Waals surface area contributed by atoms with Crippen molar-refractivity contribution in [3.8, 4) is 11.3 Å². The largest absolute Gasteiger partial charge is 0.256 e. The van der Waals surface area contributed by atoms with Crippen molar-refractivity contribution in [2.45, 2.75) is 45.4 Å². The van der Waals surface area contributed by atoms with Gasteiger partial charge in [-0.25, -0.2) is 0 Å². The Labute approximate surface area is 161 Å². The summed E-state index contributed by atoms with van der Waals surface area (Å²) >= 11 is 12.1. The van der Waals surface area contributed by atoms with Gasteiger partial charge in [-0.05, 0) is 81.0 Å². The summed E-state index contributed by atoms with van der Waals surface area (Å²) in [6.45, 7) is 2.13. The maximum absolute atomic E-state index is 6.10. The Balaban J connectivity index is 1.54. The fourth-order valence-electron chi connectivity index (χ4n) is 3.71. The van der Waals surface area contributed by atoms with E-state index in [2.05, 4.69) is 36.2 Å². The lowest BCUT2D eigenvalue weighted by Crippen LogP contribution is -2.13. The summed E-state index contributed by atoms with van der Waals surface area (Å²) in [5, 5.41) is 1.14. The lowest BCUT2D eigenvalue weighted by molar-refractivity contribution is 0.296. The number of nitrogens with zero attached hydrogens (tertiary/aromatic N) is 1. The molecule has 1 aliphatic rings. The Hall–Kier alpha value is -1.31. The lowest BCUT2D eigenvalue weighted by Gasteiger charge is -2.26. The summed E-state index contributed by atoms with van der Waals surface area (Å²) in [5.41, 5.74) is 3.26. The minimum absolute atomic E-state index is 0.568. The molecule has 1 nitrogen and oxygen atoms in total. The molecule has 0 unspecified atom stereocenters. The molecule has 1 aromatic carbocycles. The van der Waals surface area contributed by atoms with Crippen LogP contribution in [0.1, 0.15) is 44.6 Å². The molecule has 0 atom stereocenters. The Bertz CT molecular complexity index is 713. The van der Waals surface area contributed by atoms with Crippen molar-refractivity contribution in [2.24, 2.45) is 11.8 Å². The molecular weight excluding hydrogens is 349 g/mol. The monoisotopic (exact) mass is 373 g/mol. The van der Waals surface area contributed by atoms with Crippen LogP contribution in [0.5, 0.6) is 0 Å². The maximum atomic E-state index is 6.10. The first-order valence-electron chi connectivity index (χ1n) is 9.19.